The van der Waals surface area contributed by atoms with Gasteiger partial charge in [-0.3, -0.25) is 4.68 Å². The van der Waals surface area contributed by atoms with Crippen LogP contribution >= 0.6 is 0 Å². The minimum absolute atomic E-state index is 0.00687. The number of hydrogen-bond acceptors (Lipinski definition) is 5. The second-order valence-electron chi connectivity index (χ2n) is 6.99. The van der Waals surface area contributed by atoms with Gasteiger partial charge in [0.15, 0.2) is 11.6 Å². The maximum atomic E-state index is 12.4. The first-order chi connectivity index (χ1) is 13.3. The van der Waals surface area contributed by atoms with Crippen LogP contribution in [0.1, 0.15) is 19.3 Å². The van der Waals surface area contributed by atoms with Gasteiger partial charge in [0, 0.05) is 51.2 Å². The van der Waals surface area contributed by atoms with Gasteiger partial charge in [0.05, 0.1) is 13.1 Å². The lowest BCUT2D eigenvalue weighted by molar-refractivity contribution is 0.186. The third-order valence-corrected chi connectivity index (χ3v) is 5.06. The van der Waals surface area contributed by atoms with Gasteiger partial charge in [-0.2, -0.15) is 5.10 Å². The van der Waals surface area contributed by atoms with E-state index in [9.17, 15) is 4.79 Å². The highest BCUT2D eigenvalue weighted by Gasteiger charge is 2.29. The van der Waals surface area contributed by atoms with Crippen LogP contribution in [0.5, 0.6) is 5.75 Å². The number of hydrogen-bond donors (Lipinski definition) is 1. The van der Waals surface area contributed by atoms with Crippen LogP contribution in [0.15, 0.2) is 36.8 Å². The van der Waals surface area contributed by atoms with E-state index in [1.807, 2.05) is 35.5 Å². The second-order valence-corrected chi connectivity index (χ2v) is 6.99. The molecule has 2 aliphatic rings. The van der Waals surface area contributed by atoms with Gasteiger partial charge in [-0.25, -0.2) is 9.78 Å². The lowest BCUT2D eigenvalue weighted by Crippen LogP contribution is -2.40. The third-order valence-electron chi connectivity index (χ3n) is 5.06. The molecule has 0 radical (unpaired) electrons. The van der Waals surface area contributed by atoms with Crippen molar-refractivity contribution in [3.8, 4) is 5.75 Å². The summed E-state index contributed by atoms with van der Waals surface area (Å²) >= 11 is 0. The van der Waals surface area contributed by atoms with Crippen molar-refractivity contribution < 1.29 is 9.53 Å². The summed E-state index contributed by atoms with van der Waals surface area (Å²) in [6.45, 7) is 4.59. The van der Waals surface area contributed by atoms with E-state index in [0.717, 1.165) is 31.1 Å². The molecular formula is C19H26N6O2. The van der Waals surface area contributed by atoms with E-state index in [-0.39, 0.29) is 12.1 Å². The summed E-state index contributed by atoms with van der Waals surface area (Å²) in [7, 11) is 0. The zero-order valence-electron chi connectivity index (χ0n) is 15.5. The molecule has 0 aromatic carbocycles. The maximum absolute atomic E-state index is 12.4. The van der Waals surface area contributed by atoms with Crippen LogP contribution in [0.2, 0.25) is 0 Å². The Kier molecular flexibility index (Phi) is 5.41. The molecule has 144 valence electrons. The number of pyridine rings is 1. The van der Waals surface area contributed by atoms with E-state index in [1.165, 1.54) is 12.8 Å². The highest BCUT2D eigenvalue weighted by molar-refractivity contribution is 5.74. The van der Waals surface area contributed by atoms with Crippen molar-refractivity contribution >= 4 is 11.8 Å². The van der Waals surface area contributed by atoms with Crippen LogP contribution in [-0.2, 0) is 6.54 Å². The lowest BCUT2D eigenvalue weighted by atomic mass is 10.3. The largest absolute Gasteiger partial charge is 0.485 e. The van der Waals surface area contributed by atoms with Crippen molar-refractivity contribution in [2.45, 2.75) is 31.9 Å². The molecule has 1 N–H and O–H groups in total. The molecule has 2 aliphatic heterocycles. The van der Waals surface area contributed by atoms with E-state index >= 15 is 0 Å². The molecule has 4 rings (SSSR count). The van der Waals surface area contributed by atoms with E-state index in [1.54, 1.807) is 10.9 Å². The highest BCUT2D eigenvalue weighted by Crippen LogP contribution is 2.30. The zero-order chi connectivity index (χ0) is 18.5. The average molecular weight is 370 g/mol. The van der Waals surface area contributed by atoms with Gasteiger partial charge in [-0.1, -0.05) is 0 Å². The number of anilines is 1. The van der Waals surface area contributed by atoms with Crippen molar-refractivity contribution in [2.24, 2.45) is 0 Å². The number of likely N-dealkylation sites (tertiary alicyclic amines) is 1. The van der Waals surface area contributed by atoms with Gasteiger partial charge in [-0.05, 0) is 31.0 Å². The predicted molar refractivity (Wildman–Crippen MR) is 102 cm³/mol. The smallest absolute Gasteiger partial charge is 0.317 e. The van der Waals surface area contributed by atoms with Crippen LogP contribution in [0, 0.1) is 0 Å². The summed E-state index contributed by atoms with van der Waals surface area (Å²) in [4.78, 5) is 21.0. The molecule has 8 nitrogen and oxygen atoms in total. The topological polar surface area (TPSA) is 75.5 Å². The number of aromatic nitrogens is 3. The second kappa shape index (κ2) is 8.28. The number of rotatable bonds is 6. The number of nitrogens with one attached hydrogen (secondary N) is 1. The van der Waals surface area contributed by atoms with E-state index in [0.29, 0.717) is 26.2 Å². The number of amides is 2. The monoisotopic (exact) mass is 370 g/mol. The first-order valence-corrected chi connectivity index (χ1v) is 9.66. The van der Waals surface area contributed by atoms with Crippen LogP contribution in [0.4, 0.5) is 10.6 Å². The third kappa shape index (κ3) is 4.32. The fraction of sp³-hybridized carbons (Fsp3) is 0.526. The molecule has 2 saturated heterocycles. The Morgan fingerprint density at radius 1 is 1.22 bits per heavy atom. The SMILES string of the molecule is O=C(NCCn1cccn1)N1CC[C@H](Oc2cccnc2N2CCCC2)C1. The summed E-state index contributed by atoms with van der Waals surface area (Å²) in [5, 5.41) is 7.09. The first-order valence-electron chi connectivity index (χ1n) is 9.66. The fourth-order valence-electron chi connectivity index (χ4n) is 3.65. The molecule has 1 atom stereocenters. The highest BCUT2D eigenvalue weighted by atomic mass is 16.5. The van der Waals surface area contributed by atoms with Crippen LogP contribution in [-0.4, -0.2) is 64.5 Å². The summed E-state index contributed by atoms with van der Waals surface area (Å²) < 4.78 is 8.03. The molecule has 2 amide bonds. The normalized spacial score (nSPS) is 19.5. The summed E-state index contributed by atoms with van der Waals surface area (Å²) in [5.74, 6) is 1.75. The molecule has 4 heterocycles. The standard InChI is InChI=1S/C19H26N6O2/c26-19(21-9-14-25-12-4-8-22-25)24-13-6-16(15-24)27-17-5-3-7-20-18(17)23-10-1-2-11-23/h3-5,7-8,12,16H,1-2,6,9-11,13-15H2,(H,21,26)/t16-/m0/s1. The molecule has 0 aliphatic carbocycles. The molecular weight excluding hydrogens is 344 g/mol. The number of ether oxygens (including phenoxy) is 1. The Morgan fingerprint density at radius 2 is 2.11 bits per heavy atom. The fourth-order valence-corrected chi connectivity index (χ4v) is 3.65. The van der Waals surface area contributed by atoms with Gasteiger partial charge in [-0.15, -0.1) is 0 Å². The molecule has 8 heteroatoms. The Balaban J connectivity index is 1.28. The summed E-state index contributed by atoms with van der Waals surface area (Å²) in [6.07, 6.45) is 8.68. The van der Waals surface area contributed by atoms with Crippen LogP contribution in [0.3, 0.4) is 0 Å². The van der Waals surface area contributed by atoms with E-state index in [4.69, 9.17) is 4.74 Å². The molecule has 27 heavy (non-hydrogen) atoms. The van der Waals surface area contributed by atoms with Crippen molar-refractivity contribution in [3.05, 3.63) is 36.8 Å². The van der Waals surface area contributed by atoms with Gasteiger partial charge in [0.2, 0.25) is 0 Å². The number of urea groups is 1. The lowest BCUT2D eigenvalue weighted by Gasteiger charge is -2.22. The minimum Gasteiger partial charge on any atom is -0.485 e. The molecule has 0 saturated carbocycles. The van der Waals surface area contributed by atoms with Crippen molar-refractivity contribution in [1.82, 2.24) is 25.0 Å². The zero-order valence-corrected chi connectivity index (χ0v) is 15.5. The average Bonchev–Trinajstić information content (AvgIpc) is 3.45. The van der Waals surface area contributed by atoms with E-state index in [2.05, 4.69) is 20.3 Å². The molecule has 0 unspecified atom stereocenters. The van der Waals surface area contributed by atoms with Crippen molar-refractivity contribution in [2.75, 3.05) is 37.6 Å². The number of carbonyl (C=O) groups excluding carboxylic acids is 1. The van der Waals surface area contributed by atoms with Gasteiger partial charge in [0.25, 0.3) is 0 Å². The molecule has 2 aromatic heterocycles. The van der Waals surface area contributed by atoms with Gasteiger partial charge < -0.3 is 19.9 Å². The van der Waals surface area contributed by atoms with Crippen molar-refractivity contribution in [3.63, 3.8) is 0 Å². The molecule has 0 spiro atoms. The molecule has 2 aromatic rings. The number of carbonyl (C=O) groups is 1. The van der Waals surface area contributed by atoms with Crippen LogP contribution < -0.4 is 15.0 Å². The quantitative estimate of drug-likeness (QED) is 0.838. The Hall–Kier alpha value is -2.77. The molecule has 2 fully saturated rings. The summed E-state index contributed by atoms with van der Waals surface area (Å²) in [6, 6.07) is 5.72. The Labute approximate surface area is 159 Å². The predicted octanol–water partition coefficient (Wildman–Crippen LogP) is 1.74. The van der Waals surface area contributed by atoms with Gasteiger partial charge in [0.1, 0.15) is 6.10 Å². The maximum Gasteiger partial charge on any atom is 0.317 e. The Morgan fingerprint density at radius 3 is 2.93 bits per heavy atom. The number of nitrogens with zero attached hydrogens (tertiary/aromatic N) is 5. The van der Waals surface area contributed by atoms with Gasteiger partial charge >= 0.3 is 6.03 Å². The Bertz CT molecular complexity index is 744. The first kappa shape index (κ1) is 17.6. The van der Waals surface area contributed by atoms with E-state index < -0.39 is 0 Å². The summed E-state index contributed by atoms with van der Waals surface area (Å²) in [5.41, 5.74) is 0. The minimum atomic E-state index is -0.0424. The van der Waals surface area contributed by atoms with Crippen LogP contribution in [0.25, 0.3) is 0 Å². The van der Waals surface area contributed by atoms with Crippen molar-refractivity contribution in [1.29, 1.82) is 0 Å². The molecule has 0 bridgehead atoms.